The van der Waals surface area contributed by atoms with Crippen molar-refractivity contribution in [2.24, 2.45) is 0 Å². The third-order valence-corrected chi connectivity index (χ3v) is 3.01. The molecule has 1 heterocycles. The second-order valence-corrected chi connectivity index (χ2v) is 4.36. The predicted octanol–water partition coefficient (Wildman–Crippen LogP) is 3.61. The Labute approximate surface area is 116 Å². The molecule has 106 valence electrons. The van der Waals surface area contributed by atoms with E-state index in [9.17, 15) is 18.0 Å². The minimum absolute atomic E-state index is 0.228. The second kappa shape index (κ2) is 5.16. The number of carboxylic acid groups (broad SMARTS) is 1. The first-order chi connectivity index (χ1) is 9.32. The lowest BCUT2D eigenvalue weighted by Gasteiger charge is -2.07. The van der Waals surface area contributed by atoms with Gasteiger partial charge in [0.1, 0.15) is 22.2 Å². The summed E-state index contributed by atoms with van der Waals surface area (Å²) in [6.45, 7) is 1.53. The Hall–Kier alpha value is -2.02. The third-order valence-electron chi connectivity index (χ3n) is 2.66. The number of hydrogen-bond acceptors (Lipinski definition) is 2. The van der Waals surface area contributed by atoms with Crippen LogP contribution < -0.4 is 0 Å². The molecule has 2 rings (SSSR count). The van der Waals surface area contributed by atoms with E-state index >= 15 is 0 Å². The molecule has 0 spiro atoms. The Kier molecular flexibility index (Phi) is 3.71. The lowest BCUT2D eigenvalue weighted by atomic mass is 10.2. The zero-order valence-electron chi connectivity index (χ0n) is 10.1. The summed E-state index contributed by atoms with van der Waals surface area (Å²) in [5.74, 6) is -2.11. The Bertz CT molecular complexity index is 686. The third kappa shape index (κ3) is 2.36. The van der Waals surface area contributed by atoms with Gasteiger partial charge >= 0.3 is 5.97 Å². The van der Waals surface area contributed by atoms with E-state index in [1.807, 2.05) is 0 Å². The Balaban J connectivity index is 2.69. The fraction of sp³-hybridized carbons (Fsp3) is 0.167. The summed E-state index contributed by atoms with van der Waals surface area (Å²) in [5.41, 5.74) is -1.07. The molecule has 8 heteroatoms. The van der Waals surface area contributed by atoms with Crippen molar-refractivity contribution in [3.8, 4) is 5.69 Å². The van der Waals surface area contributed by atoms with Crippen LogP contribution in [0.3, 0.4) is 0 Å². The van der Waals surface area contributed by atoms with Gasteiger partial charge < -0.3 is 5.11 Å². The molecule has 4 nitrogen and oxygen atoms in total. The number of alkyl halides is 2. The Morgan fingerprint density at radius 1 is 1.45 bits per heavy atom. The molecule has 0 aliphatic heterocycles. The van der Waals surface area contributed by atoms with E-state index in [0.29, 0.717) is 5.56 Å². The maximum atomic E-state index is 13.0. The van der Waals surface area contributed by atoms with Gasteiger partial charge in [-0.2, -0.15) is 5.10 Å². The highest BCUT2D eigenvalue weighted by Crippen LogP contribution is 2.30. The highest BCUT2D eigenvalue weighted by atomic mass is 35.5. The van der Waals surface area contributed by atoms with E-state index in [-0.39, 0.29) is 5.69 Å². The van der Waals surface area contributed by atoms with Crippen LogP contribution in [0, 0.1) is 12.7 Å². The predicted molar refractivity (Wildman–Crippen MR) is 65.2 cm³/mol. The molecular formula is C12H8ClF3N2O2. The van der Waals surface area contributed by atoms with Crippen molar-refractivity contribution < 1.29 is 23.1 Å². The van der Waals surface area contributed by atoms with Crippen LogP contribution in [0.4, 0.5) is 13.2 Å². The molecular weight excluding hydrogens is 297 g/mol. The van der Waals surface area contributed by atoms with Crippen LogP contribution in [0.15, 0.2) is 18.2 Å². The van der Waals surface area contributed by atoms with Gasteiger partial charge in [-0.25, -0.2) is 22.6 Å². The minimum Gasteiger partial charge on any atom is -0.478 e. The molecule has 0 amide bonds. The van der Waals surface area contributed by atoms with Crippen LogP contribution in [-0.2, 0) is 0 Å². The summed E-state index contributed by atoms with van der Waals surface area (Å²) in [5, 5.41) is 12.0. The van der Waals surface area contributed by atoms with Gasteiger partial charge in [0.25, 0.3) is 6.43 Å². The molecule has 0 unspecified atom stereocenters. The molecule has 0 atom stereocenters. The molecule has 0 aliphatic carbocycles. The number of benzene rings is 1. The first-order valence-electron chi connectivity index (χ1n) is 5.39. The SMILES string of the molecule is Cc1cc(F)ccc1-n1nc(C(F)F)c(C(=O)O)c1Cl. The van der Waals surface area contributed by atoms with E-state index in [1.54, 1.807) is 0 Å². The van der Waals surface area contributed by atoms with Gasteiger partial charge in [-0.15, -0.1) is 0 Å². The average Bonchev–Trinajstić information content (AvgIpc) is 2.67. The van der Waals surface area contributed by atoms with Crippen LogP contribution in [-0.4, -0.2) is 20.9 Å². The molecule has 20 heavy (non-hydrogen) atoms. The van der Waals surface area contributed by atoms with Gasteiger partial charge in [0.2, 0.25) is 0 Å². The molecule has 0 aliphatic rings. The highest BCUT2D eigenvalue weighted by molar-refractivity contribution is 6.33. The zero-order valence-corrected chi connectivity index (χ0v) is 10.8. The fourth-order valence-corrected chi connectivity index (χ4v) is 2.09. The standard InChI is InChI=1S/C12H8ClF3N2O2/c1-5-4-6(14)2-3-7(5)18-10(13)8(12(19)20)9(17-18)11(15)16/h2-4,11H,1H3,(H,19,20). The van der Waals surface area contributed by atoms with Gasteiger partial charge in [0.15, 0.2) is 0 Å². The second-order valence-electron chi connectivity index (χ2n) is 4.00. The van der Waals surface area contributed by atoms with Gasteiger partial charge in [0, 0.05) is 0 Å². The molecule has 0 fully saturated rings. The number of carbonyl (C=O) groups is 1. The van der Waals surface area contributed by atoms with Crippen molar-refractivity contribution >= 4 is 17.6 Å². The zero-order chi connectivity index (χ0) is 15.0. The number of aromatic carboxylic acids is 1. The number of nitrogens with zero attached hydrogens (tertiary/aromatic N) is 2. The van der Waals surface area contributed by atoms with Crippen molar-refractivity contribution in [2.45, 2.75) is 13.3 Å². The van der Waals surface area contributed by atoms with Gasteiger partial charge in [-0.05, 0) is 30.7 Å². The topological polar surface area (TPSA) is 55.1 Å². The van der Waals surface area contributed by atoms with Crippen molar-refractivity contribution in [3.63, 3.8) is 0 Å². The van der Waals surface area contributed by atoms with Gasteiger partial charge in [-0.1, -0.05) is 11.6 Å². The van der Waals surface area contributed by atoms with Crippen LogP contribution in [0.1, 0.15) is 28.0 Å². The van der Waals surface area contributed by atoms with E-state index < -0.39 is 34.6 Å². The molecule has 0 saturated heterocycles. The summed E-state index contributed by atoms with van der Waals surface area (Å²) in [4.78, 5) is 11.0. The molecule has 0 bridgehead atoms. The summed E-state index contributed by atoms with van der Waals surface area (Å²) >= 11 is 5.81. The molecule has 1 aromatic carbocycles. The van der Waals surface area contributed by atoms with E-state index in [0.717, 1.165) is 16.8 Å². The van der Waals surface area contributed by atoms with Crippen molar-refractivity contribution in [1.29, 1.82) is 0 Å². The largest absolute Gasteiger partial charge is 0.478 e. The quantitative estimate of drug-likeness (QED) is 0.942. The average molecular weight is 305 g/mol. The first kappa shape index (κ1) is 14.4. The smallest absolute Gasteiger partial charge is 0.341 e. The summed E-state index contributed by atoms with van der Waals surface area (Å²) < 4.78 is 39.5. The maximum absolute atomic E-state index is 13.0. The number of hydrogen-bond donors (Lipinski definition) is 1. The lowest BCUT2D eigenvalue weighted by Crippen LogP contribution is -2.01. The van der Waals surface area contributed by atoms with E-state index in [4.69, 9.17) is 16.7 Å². The fourth-order valence-electron chi connectivity index (χ4n) is 1.78. The molecule has 1 N–H and O–H groups in total. The van der Waals surface area contributed by atoms with Crippen LogP contribution in [0.2, 0.25) is 5.15 Å². The normalized spacial score (nSPS) is 11.1. The summed E-state index contributed by atoms with van der Waals surface area (Å²) in [7, 11) is 0. The monoisotopic (exact) mass is 304 g/mol. The van der Waals surface area contributed by atoms with Crippen molar-refractivity contribution in [1.82, 2.24) is 9.78 Å². The summed E-state index contributed by atoms with van der Waals surface area (Å²) in [6, 6.07) is 3.54. The number of aromatic nitrogens is 2. The van der Waals surface area contributed by atoms with Crippen LogP contribution in [0.5, 0.6) is 0 Å². The van der Waals surface area contributed by atoms with Crippen LogP contribution >= 0.6 is 11.6 Å². The Morgan fingerprint density at radius 2 is 2.10 bits per heavy atom. The highest BCUT2D eigenvalue weighted by Gasteiger charge is 2.28. The van der Waals surface area contributed by atoms with Gasteiger partial charge in [0.05, 0.1) is 5.69 Å². The van der Waals surface area contributed by atoms with E-state index in [1.165, 1.54) is 13.0 Å². The number of aryl methyl sites for hydroxylation is 1. The Morgan fingerprint density at radius 3 is 2.55 bits per heavy atom. The molecule has 0 saturated carbocycles. The van der Waals surface area contributed by atoms with Gasteiger partial charge in [-0.3, -0.25) is 0 Å². The van der Waals surface area contributed by atoms with Crippen LogP contribution in [0.25, 0.3) is 5.69 Å². The first-order valence-corrected chi connectivity index (χ1v) is 5.77. The summed E-state index contributed by atoms with van der Waals surface area (Å²) in [6.07, 6.45) is -3.08. The molecule has 2 aromatic rings. The van der Waals surface area contributed by atoms with Crippen molar-refractivity contribution in [3.05, 3.63) is 46.0 Å². The minimum atomic E-state index is -3.08. The van der Waals surface area contributed by atoms with E-state index in [2.05, 4.69) is 5.10 Å². The molecule has 0 radical (unpaired) electrons. The number of rotatable bonds is 3. The maximum Gasteiger partial charge on any atom is 0.341 e. The lowest BCUT2D eigenvalue weighted by molar-refractivity contribution is 0.0684. The molecule has 1 aromatic heterocycles. The number of carboxylic acids is 1. The van der Waals surface area contributed by atoms with Crippen molar-refractivity contribution in [2.75, 3.05) is 0 Å². The number of halogens is 4.